The van der Waals surface area contributed by atoms with Crippen molar-refractivity contribution in [3.63, 3.8) is 0 Å². The lowest BCUT2D eigenvalue weighted by Crippen LogP contribution is -2.45. The summed E-state index contributed by atoms with van der Waals surface area (Å²) in [5.74, 6) is 1.99. The zero-order chi connectivity index (χ0) is 14.5. The van der Waals surface area contributed by atoms with Crippen molar-refractivity contribution in [1.29, 1.82) is 0 Å². The maximum absolute atomic E-state index is 10.5. The topological polar surface area (TPSA) is 51.2 Å². The molecule has 5 nitrogen and oxygen atoms in total. The summed E-state index contributed by atoms with van der Waals surface area (Å²) in [4.78, 5) is 2.24. The first-order valence-corrected chi connectivity index (χ1v) is 6.84. The van der Waals surface area contributed by atoms with Crippen LogP contribution in [-0.4, -0.2) is 36.0 Å². The summed E-state index contributed by atoms with van der Waals surface area (Å²) in [5, 5.41) is 10.5. The Morgan fingerprint density at radius 3 is 2.75 bits per heavy atom. The van der Waals surface area contributed by atoms with Gasteiger partial charge in [-0.15, -0.1) is 0 Å². The molecule has 3 rings (SSSR count). The second kappa shape index (κ2) is 4.53. The highest BCUT2D eigenvalue weighted by Gasteiger charge is 2.35. The van der Waals surface area contributed by atoms with Crippen LogP contribution in [0.15, 0.2) is 6.07 Å². The Kier molecular flexibility index (Phi) is 3.06. The number of β-amino-alcohol motifs (C(OH)–C–C–N with tert-alkyl or cyclic N) is 1. The number of hydrogen-bond donors (Lipinski definition) is 1. The lowest BCUT2D eigenvalue weighted by molar-refractivity contribution is 0.0363. The van der Waals surface area contributed by atoms with Crippen molar-refractivity contribution in [2.75, 3.05) is 20.4 Å². The van der Waals surface area contributed by atoms with E-state index in [1.54, 1.807) is 7.11 Å². The molecule has 0 amide bonds. The Morgan fingerprint density at radius 2 is 2.10 bits per heavy atom. The zero-order valence-electron chi connectivity index (χ0n) is 12.4. The minimum atomic E-state index is -0.540. The van der Waals surface area contributed by atoms with Crippen LogP contribution in [0.25, 0.3) is 0 Å². The first kappa shape index (κ1) is 13.5. The second-order valence-electron chi connectivity index (χ2n) is 6.28. The molecule has 0 saturated carbocycles. The fourth-order valence-electron chi connectivity index (χ4n) is 2.82. The van der Waals surface area contributed by atoms with Crippen LogP contribution in [-0.2, 0) is 6.54 Å². The normalized spacial score (nSPS) is 21.8. The molecule has 20 heavy (non-hydrogen) atoms. The van der Waals surface area contributed by atoms with Crippen molar-refractivity contribution in [3.05, 3.63) is 17.2 Å². The minimum absolute atomic E-state index is 0.0138. The summed E-state index contributed by atoms with van der Waals surface area (Å²) >= 11 is 0. The molecule has 0 bridgehead atoms. The quantitative estimate of drug-likeness (QED) is 0.853. The van der Waals surface area contributed by atoms with Gasteiger partial charge in [0, 0.05) is 24.2 Å². The standard InChI is InChI=1S/C15H21NO4/c1-15(2,3)16-6-10-9(11(17)7-16)5-12-14(13(10)18-4)20-8-19-12/h5,11,17H,6-8H2,1-4H3/t11-/m1/s1. The summed E-state index contributed by atoms with van der Waals surface area (Å²) in [6, 6.07) is 1.88. The molecule has 2 aliphatic heterocycles. The molecule has 2 aliphatic rings. The molecular formula is C15H21NO4. The molecular weight excluding hydrogens is 258 g/mol. The van der Waals surface area contributed by atoms with Crippen LogP contribution in [0.2, 0.25) is 0 Å². The van der Waals surface area contributed by atoms with Crippen molar-refractivity contribution in [1.82, 2.24) is 4.90 Å². The SMILES string of the molecule is COc1c2c(cc3c1OCO3)[C@H](O)CN(C(C)(C)C)C2. The number of benzene rings is 1. The number of methoxy groups -OCH3 is 1. The van der Waals surface area contributed by atoms with Crippen LogP contribution in [0.5, 0.6) is 17.2 Å². The second-order valence-corrected chi connectivity index (χ2v) is 6.28. The van der Waals surface area contributed by atoms with Gasteiger partial charge in [-0.05, 0) is 32.4 Å². The summed E-state index contributed by atoms with van der Waals surface area (Å²) in [6.07, 6.45) is -0.540. The molecule has 1 N–H and O–H groups in total. The first-order valence-electron chi connectivity index (χ1n) is 6.84. The van der Waals surface area contributed by atoms with Gasteiger partial charge in [-0.2, -0.15) is 0 Å². The summed E-state index contributed by atoms with van der Waals surface area (Å²) in [5.41, 5.74) is 1.86. The van der Waals surface area contributed by atoms with E-state index in [1.807, 2.05) is 6.07 Å². The van der Waals surface area contributed by atoms with Crippen LogP contribution >= 0.6 is 0 Å². The third-order valence-corrected chi connectivity index (χ3v) is 4.01. The van der Waals surface area contributed by atoms with Crippen LogP contribution in [0.4, 0.5) is 0 Å². The highest BCUT2D eigenvalue weighted by molar-refractivity contribution is 5.61. The minimum Gasteiger partial charge on any atom is -0.492 e. The van der Waals surface area contributed by atoms with Gasteiger partial charge in [-0.3, -0.25) is 4.90 Å². The van der Waals surface area contributed by atoms with Gasteiger partial charge in [0.25, 0.3) is 0 Å². The molecule has 1 aromatic carbocycles. The summed E-state index contributed by atoms with van der Waals surface area (Å²) in [6.45, 7) is 7.97. The van der Waals surface area contributed by atoms with Crippen LogP contribution < -0.4 is 14.2 Å². The van der Waals surface area contributed by atoms with Crippen LogP contribution in [0, 0.1) is 0 Å². The van der Waals surface area contributed by atoms with E-state index in [9.17, 15) is 5.11 Å². The van der Waals surface area contributed by atoms with Gasteiger partial charge in [-0.25, -0.2) is 0 Å². The fraction of sp³-hybridized carbons (Fsp3) is 0.600. The van der Waals surface area contributed by atoms with E-state index >= 15 is 0 Å². The van der Waals surface area contributed by atoms with Crippen molar-refractivity contribution in [2.24, 2.45) is 0 Å². The number of hydrogen-bond acceptors (Lipinski definition) is 5. The van der Waals surface area contributed by atoms with E-state index in [4.69, 9.17) is 14.2 Å². The van der Waals surface area contributed by atoms with Crippen molar-refractivity contribution < 1.29 is 19.3 Å². The van der Waals surface area contributed by atoms with E-state index in [-0.39, 0.29) is 12.3 Å². The van der Waals surface area contributed by atoms with Gasteiger partial charge >= 0.3 is 0 Å². The number of rotatable bonds is 1. The predicted octanol–water partition coefficient (Wildman–Crippen LogP) is 2.07. The van der Waals surface area contributed by atoms with E-state index in [0.29, 0.717) is 23.8 Å². The number of fused-ring (bicyclic) bond motifs is 2. The molecule has 0 saturated heterocycles. The van der Waals surface area contributed by atoms with E-state index < -0.39 is 6.10 Å². The molecule has 0 radical (unpaired) electrons. The zero-order valence-corrected chi connectivity index (χ0v) is 12.4. The van der Waals surface area contributed by atoms with Crippen molar-refractivity contribution in [2.45, 2.75) is 39.0 Å². The average molecular weight is 279 g/mol. The Labute approximate surface area is 119 Å². The van der Waals surface area contributed by atoms with Crippen molar-refractivity contribution in [3.8, 4) is 17.2 Å². The highest BCUT2D eigenvalue weighted by Crippen LogP contribution is 2.48. The van der Waals surface area contributed by atoms with Crippen LogP contribution in [0.3, 0.4) is 0 Å². The molecule has 2 heterocycles. The molecule has 0 fully saturated rings. The predicted molar refractivity (Wildman–Crippen MR) is 74.2 cm³/mol. The molecule has 1 aromatic rings. The lowest BCUT2D eigenvalue weighted by Gasteiger charge is -2.41. The highest BCUT2D eigenvalue weighted by atomic mass is 16.7. The number of aliphatic hydroxyl groups excluding tert-OH is 1. The maximum Gasteiger partial charge on any atom is 0.231 e. The largest absolute Gasteiger partial charge is 0.492 e. The molecule has 110 valence electrons. The number of aliphatic hydroxyl groups is 1. The maximum atomic E-state index is 10.5. The summed E-state index contributed by atoms with van der Waals surface area (Å²) < 4.78 is 16.4. The summed E-state index contributed by atoms with van der Waals surface area (Å²) in [7, 11) is 1.62. The van der Waals surface area contributed by atoms with Gasteiger partial charge in [0.2, 0.25) is 12.5 Å². The lowest BCUT2D eigenvalue weighted by atomic mass is 9.92. The molecule has 1 atom stereocenters. The fourth-order valence-corrected chi connectivity index (χ4v) is 2.82. The Morgan fingerprint density at radius 1 is 1.35 bits per heavy atom. The number of nitrogens with zero attached hydrogens (tertiary/aromatic N) is 1. The Bertz CT molecular complexity index is 536. The average Bonchev–Trinajstić information content (AvgIpc) is 2.83. The first-order chi connectivity index (χ1) is 9.41. The third-order valence-electron chi connectivity index (χ3n) is 4.01. The monoisotopic (exact) mass is 279 g/mol. The molecule has 0 unspecified atom stereocenters. The van der Waals surface area contributed by atoms with E-state index in [2.05, 4.69) is 25.7 Å². The van der Waals surface area contributed by atoms with E-state index in [0.717, 1.165) is 17.7 Å². The molecule has 0 spiro atoms. The Balaban J connectivity index is 2.10. The molecule has 5 heteroatoms. The Hall–Kier alpha value is -1.46. The number of ether oxygens (including phenoxy) is 3. The smallest absolute Gasteiger partial charge is 0.231 e. The van der Waals surface area contributed by atoms with Gasteiger partial charge in [0.1, 0.15) is 0 Å². The van der Waals surface area contributed by atoms with Crippen molar-refractivity contribution >= 4 is 0 Å². The molecule has 0 aliphatic carbocycles. The van der Waals surface area contributed by atoms with Gasteiger partial charge in [-0.1, -0.05) is 0 Å². The molecule has 0 aromatic heterocycles. The van der Waals surface area contributed by atoms with Gasteiger partial charge < -0.3 is 19.3 Å². The third kappa shape index (κ3) is 2.01. The van der Waals surface area contributed by atoms with E-state index in [1.165, 1.54) is 0 Å². The van der Waals surface area contributed by atoms with Crippen LogP contribution in [0.1, 0.15) is 38.0 Å². The van der Waals surface area contributed by atoms with Gasteiger partial charge in [0.15, 0.2) is 11.5 Å². The van der Waals surface area contributed by atoms with Gasteiger partial charge in [0.05, 0.1) is 13.2 Å².